The van der Waals surface area contributed by atoms with Gasteiger partial charge >= 0.3 is 12.1 Å². The van der Waals surface area contributed by atoms with Crippen LogP contribution in [0.25, 0.3) is 11.1 Å². The van der Waals surface area contributed by atoms with Crippen LogP contribution in [0.5, 0.6) is 0 Å². The van der Waals surface area contributed by atoms with Crippen molar-refractivity contribution in [2.75, 3.05) is 13.2 Å². The quantitative estimate of drug-likeness (QED) is 0.312. The van der Waals surface area contributed by atoms with Gasteiger partial charge < -0.3 is 25.6 Å². The maximum atomic E-state index is 12.3. The molecule has 1 unspecified atom stereocenters. The summed E-state index contributed by atoms with van der Waals surface area (Å²) in [4.78, 5) is 48.3. The number of ether oxygens (including phenoxy) is 1. The summed E-state index contributed by atoms with van der Waals surface area (Å²) >= 11 is 0. The van der Waals surface area contributed by atoms with Gasteiger partial charge in [0.15, 0.2) is 11.9 Å². The van der Waals surface area contributed by atoms with Crippen LogP contribution in [0.1, 0.15) is 22.6 Å². The monoisotopic (exact) mass is 502 g/mol. The number of rotatable bonds is 10. The van der Waals surface area contributed by atoms with Crippen molar-refractivity contribution in [3.63, 3.8) is 0 Å². The van der Waals surface area contributed by atoms with Gasteiger partial charge in [0.05, 0.1) is 6.54 Å². The van der Waals surface area contributed by atoms with Crippen molar-refractivity contribution in [3.8, 4) is 11.1 Å². The fourth-order valence-corrected chi connectivity index (χ4v) is 4.35. The van der Waals surface area contributed by atoms with Crippen LogP contribution in [-0.2, 0) is 25.5 Å². The molecule has 9 heteroatoms. The number of alkyl carbamates (subject to hydrolysis) is 1. The number of carbonyl (C=O) groups excluding carboxylic acids is 3. The molecular weight excluding hydrogens is 476 g/mol. The second-order valence-corrected chi connectivity index (χ2v) is 8.64. The van der Waals surface area contributed by atoms with Crippen LogP contribution in [0.4, 0.5) is 4.79 Å². The third-order valence-electron chi connectivity index (χ3n) is 6.20. The molecule has 0 bridgehead atoms. The Hall–Kier alpha value is -4.50. The highest BCUT2D eigenvalue weighted by Crippen LogP contribution is 2.44. The molecule has 4 rings (SSSR count). The van der Waals surface area contributed by atoms with Gasteiger partial charge in [-0.2, -0.15) is 0 Å². The van der Waals surface area contributed by atoms with Crippen LogP contribution in [0.15, 0.2) is 78.9 Å². The molecule has 1 aliphatic carbocycles. The number of aliphatic hydroxyl groups is 1. The van der Waals surface area contributed by atoms with Crippen molar-refractivity contribution < 1.29 is 34.1 Å². The van der Waals surface area contributed by atoms with Crippen LogP contribution in [0.3, 0.4) is 0 Å². The van der Waals surface area contributed by atoms with E-state index < -0.39 is 42.4 Å². The first kappa shape index (κ1) is 25.6. The van der Waals surface area contributed by atoms with Gasteiger partial charge in [-0.3, -0.25) is 9.59 Å². The Morgan fingerprint density at radius 2 is 1.41 bits per heavy atom. The van der Waals surface area contributed by atoms with Gasteiger partial charge in [0.2, 0.25) is 0 Å². The highest BCUT2D eigenvalue weighted by molar-refractivity contribution is 6.06. The molecule has 190 valence electrons. The fraction of sp³-hybridized carbons (Fsp3) is 0.214. The molecule has 0 radical (unpaired) electrons. The van der Waals surface area contributed by atoms with E-state index in [0.29, 0.717) is 5.56 Å². The maximum Gasteiger partial charge on any atom is 0.407 e. The predicted molar refractivity (Wildman–Crippen MR) is 134 cm³/mol. The van der Waals surface area contributed by atoms with Crippen LogP contribution < -0.4 is 10.6 Å². The topological polar surface area (TPSA) is 142 Å². The number of amides is 2. The van der Waals surface area contributed by atoms with Crippen molar-refractivity contribution in [2.24, 2.45) is 0 Å². The summed E-state index contributed by atoms with van der Waals surface area (Å²) in [5, 5.41) is 23.9. The van der Waals surface area contributed by atoms with Gasteiger partial charge in [0.25, 0.3) is 5.91 Å². The normalized spacial score (nSPS) is 13.5. The number of carboxylic acids is 1. The molecule has 0 heterocycles. The van der Waals surface area contributed by atoms with E-state index in [4.69, 9.17) is 4.74 Å². The van der Waals surface area contributed by atoms with Gasteiger partial charge in [-0.05, 0) is 27.8 Å². The molecule has 3 aromatic rings. The molecule has 0 spiro atoms. The maximum absolute atomic E-state index is 12.3. The van der Waals surface area contributed by atoms with E-state index in [1.165, 1.54) is 0 Å². The highest BCUT2D eigenvalue weighted by atomic mass is 16.5. The molecule has 0 saturated heterocycles. The second-order valence-electron chi connectivity index (χ2n) is 8.64. The fourth-order valence-electron chi connectivity index (χ4n) is 4.35. The van der Waals surface area contributed by atoms with Crippen LogP contribution in [-0.4, -0.2) is 59.3 Å². The molecule has 9 nitrogen and oxygen atoms in total. The number of aliphatic hydroxyl groups excluding tert-OH is 1. The Morgan fingerprint density at radius 1 is 0.838 bits per heavy atom. The molecule has 3 aromatic carbocycles. The number of ketones is 1. The highest BCUT2D eigenvalue weighted by Gasteiger charge is 2.30. The molecule has 4 N–H and O–H groups in total. The number of nitrogens with one attached hydrogen (secondary N) is 2. The van der Waals surface area contributed by atoms with Crippen LogP contribution in [0, 0.1) is 0 Å². The number of aliphatic carboxylic acids is 1. The standard InChI is InChI=1S/C28H26N2O7/c31-24(25(32)26(33)30-23(27(34)35)14-17-8-2-1-3-9-17)15-29-28(36)37-16-22-20-12-6-4-10-18(20)19-11-5-7-13-21(19)22/h1-13,22-23,25,32H,14-16H2,(H,29,36)(H,30,33)(H,34,35)/t23-,25?/m0/s1. The number of fused-ring (bicyclic) bond motifs is 3. The first-order valence-corrected chi connectivity index (χ1v) is 11.7. The van der Waals surface area contributed by atoms with Gasteiger partial charge in [-0.15, -0.1) is 0 Å². The van der Waals surface area contributed by atoms with E-state index >= 15 is 0 Å². The van der Waals surface area contributed by atoms with E-state index in [1.807, 2.05) is 48.5 Å². The predicted octanol–water partition coefficient (Wildman–Crippen LogP) is 2.27. The zero-order chi connectivity index (χ0) is 26.4. The van der Waals surface area contributed by atoms with E-state index in [0.717, 1.165) is 22.3 Å². The molecular formula is C28H26N2O7. The molecule has 1 aliphatic rings. The third-order valence-corrected chi connectivity index (χ3v) is 6.20. The van der Waals surface area contributed by atoms with E-state index in [1.54, 1.807) is 30.3 Å². The Balaban J connectivity index is 1.27. The number of benzene rings is 3. The average Bonchev–Trinajstić information content (AvgIpc) is 3.23. The van der Waals surface area contributed by atoms with Gasteiger partial charge in [0, 0.05) is 12.3 Å². The van der Waals surface area contributed by atoms with Crippen molar-refractivity contribution in [1.82, 2.24) is 10.6 Å². The number of Topliss-reactive ketones (excluding diaryl/α,β-unsaturated/α-hetero) is 1. The number of hydrogen-bond acceptors (Lipinski definition) is 6. The zero-order valence-electron chi connectivity index (χ0n) is 19.8. The number of carbonyl (C=O) groups is 4. The van der Waals surface area contributed by atoms with Crippen molar-refractivity contribution in [1.29, 1.82) is 0 Å². The Morgan fingerprint density at radius 3 is 2.00 bits per heavy atom. The number of carboxylic acid groups (broad SMARTS) is 1. The lowest BCUT2D eigenvalue weighted by molar-refractivity contribution is -0.146. The van der Waals surface area contributed by atoms with Crippen molar-refractivity contribution >= 4 is 23.8 Å². The summed E-state index contributed by atoms with van der Waals surface area (Å²) in [6.07, 6.45) is -3.05. The van der Waals surface area contributed by atoms with Gasteiger partial charge in [-0.1, -0.05) is 78.9 Å². The first-order valence-electron chi connectivity index (χ1n) is 11.7. The molecule has 2 atom stereocenters. The SMILES string of the molecule is O=C(NCC(=O)C(O)C(=O)N[C@@H](Cc1ccccc1)C(=O)O)OCC1c2ccccc2-c2ccccc21. The van der Waals surface area contributed by atoms with E-state index in [2.05, 4.69) is 10.6 Å². The summed E-state index contributed by atoms with van der Waals surface area (Å²) in [6, 6.07) is 23.0. The third kappa shape index (κ3) is 6.02. The summed E-state index contributed by atoms with van der Waals surface area (Å²) in [7, 11) is 0. The first-order chi connectivity index (χ1) is 17.8. The smallest absolute Gasteiger partial charge is 0.407 e. The Kier molecular flexibility index (Phi) is 7.95. The Labute approximate surface area is 213 Å². The van der Waals surface area contributed by atoms with Gasteiger partial charge in [0.1, 0.15) is 12.6 Å². The second kappa shape index (κ2) is 11.5. The molecule has 0 fully saturated rings. The minimum Gasteiger partial charge on any atom is -0.480 e. The lowest BCUT2D eigenvalue weighted by Gasteiger charge is -2.17. The van der Waals surface area contributed by atoms with Crippen LogP contribution >= 0.6 is 0 Å². The summed E-state index contributed by atoms with van der Waals surface area (Å²) in [5.41, 5.74) is 4.87. The summed E-state index contributed by atoms with van der Waals surface area (Å²) in [6.45, 7) is -0.626. The Bertz CT molecular complexity index is 1260. The molecule has 0 saturated carbocycles. The molecule has 0 aliphatic heterocycles. The minimum absolute atomic E-state index is 0.0270. The average molecular weight is 503 g/mol. The molecule has 0 aromatic heterocycles. The summed E-state index contributed by atoms with van der Waals surface area (Å²) in [5.74, 6) is -3.64. The zero-order valence-corrected chi connectivity index (χ0v) is 19.8. The van der Waals surface area contributed by atoms with E-state index in [9.17, 15) is 29.4 Å². The molecule has 37 heavy (non-hydrogen) atoms. The minimum atomic E-state index is -2.15. The lowest BCUT2D eigenvalue weighted by atomic mass is 9.98. The van der Waals surface area contributed by atoms with Crippen molar-refractivity contribution in [3.05, 3.63) is 95.6 Å². The van der Waals surface area contributed by atoms with Gasteiger partial charge in [-0.25, -0.2) is 9.59 Å². The van der Waals surface area contributed by atoms with Crippen LogP contribution in [0.2, 0.25) is 0 Å². The van der Waals surface area contributed by atoms with E-state index in [-0.39, 0.29) is 18.9 Å². The lowest BCUT2D eigenvalue weighted by Crippen LogP contribution is -2.50. The largest absolute Gasteiger partial charge is 0.480 e. The summed E-state index contributed by atoms with van der Waals surface area (Å²) < 4.78 is 5.33. The molecule has 2 amide bonds. The number of hydrogen-bond donors (Lipinski definition) is 4. The van der Waals surface area contributed by atoms with Crippen molar-refractivity contribution in [2.45, 2.75) is 24.5 Å².